The van der Waals surface area contributed by atoms with Crippen LogP contribution in [-0.2, 0) is 9.53 Å². The summed E-state index contributed by atoms with van der Waals surface area (Å²) in [7, 11) is 0. The molecular weight excluding hydrogens is 433 g/mol. The standard InChI is InChI=1S/C24H31ClFN3O3/c1-15(2)14-29(18-6-8-32-9-7-18)22-12-20(26)19(16(3)10-24(30)31)11-21(22)28-23-5-4-17(25)13-27-23/h4-5,11-13,15-16,18H,6-10,14H2,1-3H3,(H,27,28)(H,30,31). The number of carboxylic acids is 1. The molecule has 1 aliphatic rings. The SMILES string of the molecule is CC(C)CN(c1cc(F)c(C(C)CC(=O)O)cc1Nc1ccc(Cl)cn1)C1CCOCC1. The Hall–Kier alpha value is -2.38. The zero-order valence-corrected chi connectivity index (χ0v) is 19.5. The monoisotopic (exact) mass is 463 g/mol. The average Bonchev–Trinajstić information content (AvgIpc) is 2.74. The Labute approximate surface area is 193 Å². The summed E-state index contributed by atoms with van der Waals surface area (Å²) in [6.07, 6.45) is 3.13. The molecule has 32 heavy (non-hydrogen) atoms. The van der Waals surface area contributed by atoms with E-state index in [1.165, 1.54) is 6.07 Å². The molecule has 2 N–H and O–H groups in total. The Morgan fingerprint density at radius 1 is 1.31 bits per heavy atom. The topological polar surface area (TPSA) is 74.7 Å². The number of halogens is 2. The van der Waals surface area contributed by atoms with Crippen molar-refractivity contribution in [2.45, 2.75) is 52.0 Å². The second kappa shape index (κ2) is 11.0. The fourth-order valence-corrected chi connectivity index (χ4v) is 4.20. The summed E-state index contributed by atoms with van der Waals surface area (Å²) in [6, 6.07) is 6.98. The van der Waals surface area contributed by atoms with Crippen molar-refractivity contribution in [1.29, 1.82) is 0 Å². The van der Waals surface area contributed by atoms with Crippen LogP contribution in [0.1, 0.15) is 51.5 Å². The molecule has 2 heterocycles. The number of ether oxygens (including phenoxy) is 1. The lowest BCUT2D eigenvalue weighted by Gasteiger charge is -2.38. The van der Waals surface area contributed by atoms with Gasteiger partial charge in [0.1, 0.15) is 11.6 Å². The summed E-state index contributed by atoms with van der Waals surface area (Å²) in [5.74, 6) is -0.881. The number of aromatic nitrogens is 1. The van der Waals surface area contributed by atoms with Crippen LogP contribution in [0.25, 0.3) is 0 Å². The normalized spacial score (nSPS) is 15.6. The first-order chi connectivity index (χ1) is 15.2. The minimum atomic E-state index is -0.960. The van der Waals surface area contributed by atoms with Gasteiger partial charge in [0, 0.05) is 32.0 Å². The second-order valence-corrected chi connectivity index (χ2v) is 9.20. The quantitative estimate of drug-likeness (QED) is 0.486. The van der Waals surface area contributed by atoms with E-state index < -0.39 is 17.7 Å². The van der Waals surface area contributed by atoms with Crippen molar-refractivity contribution in [3.8, 4) is 0 Å². The summed E-state index contributed by atoms with van der Waals surface area (Å²) in [5, 5.41) is 13.0. The van der Waals surface area contributed by atoms with Crippen molar-refractivity contribution in [3.63, 3.8) is 0 Å². The minimum Gasteiger partial charge on any atom is -0.481 e. The Morgan fingerprint density at radius 2 is 2.03 bits per heavy atom. The first-order valence-electron chi connectivity index (χ1n) is 11.0. The van der Waals surface area contributed by atoms with E-state index in [4.69, 9.17) is 16.3 Å². The van der Waals surface area contributed by atoms with Crippen LogP contribution in [0.15, 0.2) is 30.5 Å². The number of nitrogens with zero attached hydrogens (tertiary/aromatic N) is 2. The van der Waals surface area contributed by atoms with Gasteiger partial charge in [-0.1, -0.05) is 32.4 Å². The van der Waals surface area contributed by atoms with E-state index in [1.54, 1.807) is 31.3 Å². The summed E-state index contributed by atoms with van der Waals surface area (Å²) < 4.78 is 20.8. The van der Waals surface area contributed by atoms with E-state index >= 15 is 4.39 Å². The molecule has 0 amide bonds. The summed E-state index contributed by atoms with van der Waals surface area (Å²) in [4.78, 5) is 17.8. The first kappa shape index (κ1) is 24.3. The van der Waals surface area contributed by atoms with Gasteiger partial charge in [-0.2, -0.15) is 0 Å². The van der Waals surface area contributed by atoms with Gasteiger partial charge in [0.25, 0.3) is 0 Å². The maximum atomic E-state index is 15.3. The van der Waals surface area contributed by atoms with Gasteiger partial charge < -0.3 is 20.1 Å². The molecule has 1 atom stereocenters. The molecular formula is C24H31ClFN3O3. The summed E-state index contributed by atoms with van der Waals surface area (Å²) in [6.45, 7) is 8.12. The molecule has 0 aliphatic carbocycles. The third-order valence-corrected chi connectivity index (χ3v) is 5.84. The molecule has 1 aliphatic heterocycles. The minimum absolute atomic E-state index is 0.148. The molecule has 2 aromatic rings. The number of pyridine rings is 1. The first-order valence-corrected chi connectivity index (χ1v) is 11.4. The van der Waals surface area contributed by atoms with Crippen molar-refractivity contribution < 1.29 is 19.0 Å². The zero-order valence-electron chi connectivity index (χ0n) is 18.8. The van der Waals surface area contributed by atoms with Crippen molar-refractivity contribution in [1.82, 2.24) is 4.98 Å². The molecule has 1 unspecified atom stereocenters. The molecule has 1 saturated heterocycles. The second-order valence-electron chi connectivity index (χ2n) is 8.77. The van der Waals surface area contributed by atoms with Crippen LogP contribution in [-0.4, -0.2) is 41.9 Å². The fraction of sp³-hybridized carbons (Fsp3) is 0.500. The van der Waals surface area contributed by atoms with Gasteiger partial charge in [0.2, 0.25) is 0 Å². The Balaban J connectivity index is 2.07. The molecule has 1 fully saturated rings. The molecule has 0 spiro atoms. The third-order valence-electron chi connectivity index (χ3n) is 5.62. The van der Waals surface area contributed by atoms with Crippen molar-refractivity contribution in [3.05, 3.63) is 46.9 Å². The van der Waals surface area contributed by atoms with E-state index in [0.29, 0.717) is 41.2 Å². The lowest BCUT2D eigenvalue weighted by molar-refractivity contribution is -0.137. The van der Waals surface area contributed by atoms with Gasteiger partial charge >= 0.3 is 5.97 Å². The van der Waals surface area contributed by atoms with E-state index in [-0.39, 0.29) is 12.5 Å². The molecule has 174 valence electrons. The number of anilines is 3. The van der Waals surface area contributed by atoms with Gasteiger partial charge in [-0.15, -0.1) is 0 Å². The smallest absolute Gasteiger partial charge is 0.303 e. The summed E-state index contributed by atoms with van der Waals surface area (Å²) >= 11 is 5.98. The molecule has 8 heteroatoms. The molecule has 6 nitrogen and oxygen atoms in total. The number of hydrogen-bond donors (Lipinski definition) is 2. The molecule has 1 aromatic carbocycles. The fourth-order valence-electron chi connectivity index (χ4n) is 4.09. The molecule has 3 rings (SSSR count). The zero-order chi connectivity index (χ0) is 23.3. The molecule has 0 saturated carbocycles. The van der Waals surface area contributed by atoms with Crippen LogP contribution in [0.5, 0.6) is 0 Å². The van der Waals surface area contributed by atoms with Crippen LogP contribution >= 0.6 is 11.6 Å². The Morgan fingerprint density at radius 3 is 2.62 bits per heavy atom. The number of carboxylic acid groups (broad SMARTS) is 1. The third kappa shape index (κ3) is 6.33. The summed E-state index contributed by atoms with van der Waals surface area (Å²) in [5.41, 5.74) is 1.80. The van der Waals surface area contributed by atoms with Crippen LogP contribution in [0.4, 0.5) is 21.6 Å². The van der Waals surface area contributed by atoms with Crippen molar-refractivity contribution in [2.75, 3.05) is 30.0 Å². The number of rotatable bonds is 9. The lowest BCUT2D eigenvalue weighted by atomic mass is 9.95. The highest BCUT2D eigenvalue weighted by Gasteiger charge is 2.27. The van der Waals surface area contributed by atoms with Crippen LogP contribution < -0.4 is 10.2 Å². The maximum Gasteiger partial charge on any atom is 0.303 e. The van der Waals surface area contributed by atoms with E-state index in [9.17, 15) is 9.90 Å². The highest BCUT2D eigenvalue weighted by Crippen LogP contribution is 2.37. The predicted molar refractivity (Wildman–Crippen MR) is 126 cm³/mol. The van der Waals surface area contributed by atoms with E-state index in [2.05, 4.69) is 29.0 Å². The Bertz CT molecular complexity index is 917. The van der Waals surface area contributed by atoms with Gasteiger partial charge in [-0.3, -0.25) is 4.79 Å². The molecule has 0 radical (unpaired) electrons. The predicted octanol–water partition coefficient (Wildman–Crippen LogP) is 5.84. The number of nitrogens with one attached hydrogen (secondary N) is 1. The number of carbonyl (C=O) groups is 1. The number of benzene rings is 1. The van der Waals surface area contributed by atoms with Gasteiger partial charge in [-0.25, -0.2) is 9.37 Å². The highest BCUT2D eigenvalue weighted by molar-refractivity contribution is 6.30. The largest absolute Gasteiger partial charge is 0.481 e. The van der Waals surface area contributed by atoms with Crippen LogP contribution in [0.3, 0.4) is 0 Å². The number of hydrogen-bond acceptors (Lipinski definition) is 5. The van der Waals surface area contributed by atoms with Gasteiger partial charge in [0.15, 0.2) is 0 Å². The molecule has 0 bridgehead atoms. The van der Waals surface area contributed by atoms with E-state index in [0.717, 1.165) is 25.1 Å². The van der Waals surface area contributed by atoms with Gasteiger partial charge in [0.05, 0.1) is 22.8 Å². The highest BCUT2D eigenvalue weighted by atomic mass is 35.5. The lowest BCUT2D eigenvalue weighted by Crippen LogP contribution is -2.42. The Kier molecular flexibility index (Phi) is 8.32. The van der Waals surface area contributed by atoms with Gasteiger partial charge in [-0.05, 0) is 54.5 Å². The maximum absolute atomic E-state index is 15.3. The number of aliphatic carboxylic acids is 1. The average molecular weight is 464 g/mol. The van der Waals surface area contributed by atoms with Crippen LogP contribution in [0.2, 0.25) is 5.02 Å². The van der Waals surface area contributed by atoms with E-state index in [1.807, 2.05) is 0 Å². The van der Waals surface area contributed by atoms with Crippen LogP contribution in [0, 0.1) is 11.7 Å². The van der Waals surface area contributed by atoms with Crippen molar-refractivity contribution >= 4 is 34.8 Å². The molecule has 1 aromatic heterocycles. The van der Waals surface area contributed by atoms with Crippen molar-refractivity contribution in [2.24, 2.45) is 5.92 Å².